The molecule has 1 nitrogen and oxygen atoms in total. The van der Waals surface area contributed by atoms with Gasteiger partial charge in [0.05, 0.1) is 0 Å². The first-order valence-electron chi connectivity index (χ1n) is 9.07. The van der Waals surface area contributed by atoms with Gasteiger partial charge < -0.3 is 0 Å². The molecule has 120 valence electrons. The summed E-state index contributed by atoms with van der Waals surface area (Å²) in [5.41, 5.74) is 0.569. The van der Waals surface area contributed by atoms with Crippen LogP contribution in [-0.2, 0) is 4.74 Å². The van der Waals surface area contributed by atoms with Crippen LogP contribution in [0.2, 0.25) is 17.2 Å². The van der Waals surface area contributed by atoms with Crippen LogP contribution in [0.3, 0.4) is 0 Å². The summed E-state index contributed by atoms with van der Waals surface area (Å²) in [7, 11) is 1.89. The zero-order valence-corrected chi connectivity index (χ0v) is 17.6. The molecule has 1 rings (SSSR count). The van der Waals surface area contributed by atoms with Gasteiger partial charge in [-0.2, -0.15) is 0 Å². The fourth-order valence-electron chi connectivity index (χ4n) is 4.34. The Morgan fingerprint density at radius 2 is 1.40 bits per heavy atom. The monoisotopic (exact) mass is 390 g/mol. The third kappa shape index (κ3) is 4.90. The molecule has 2 heteroatoms. The van der Waals surface area contributed by atoms with Crippen LogP contribution in [0.25, 0.3) is 0 Å². The van der Waals surface area contributed by atoms with Crippen molar-refractivity contribution < 1.29 is 4.74 Å². The molecule has 1 saturated carbocycles. The quantitative estimate of drug-likeness (QED) is 0.358. The molecule has 0 unspecified atom stereocenters. The van der Waals surface area contributed by atoms with Gasteiger partial charge in [-0.15, -0.1) is 0 Å². The Balaban J connectivity index is 2.79. The predicted octanol–water partition coefficient (Wildman–Crippen LogP) is 6.26. The predicted molar refractivity (Wildman–Crippen MR) is 93.2 cm³/mol. The summed E-state index contributed by atoms with van der Waals surface area (Å²) in [6, 6.07) is 0. The van der Waals surface area contributed by atoms with E-state index >= 15 is 0 Å². The van der Waals surface area contributed by atoms with Crippen molar-refractivity contribution in [2.45, 2.75) is 89.9 Å². The zero-order valence-electron chi connectivity index (χ0n) is 14.8. The van der Waals surface area contributed by atoms with Gasteiger partial charge in [0, 0.05) is 0 Å². The maximum atomic E-state index is 5.54. The molecule has 20 heavy (non-hydrogen) atoms. The summed E-state index contributed by atoms with van der Waals surface area (Å²) in [6.07, 6.45) is 10.2. The average Bonchev–Trinajstić information content (AvgIpc) is 3.11. The van der Waals surface area contributed by atoms with E-state index in [2.05, 4.69) is 27.7 Å². The first kappa shape index (κ1) is 18.8. The number of rotatable bonds is 12. The Labute approximate surface area is 132 Å². The van der Waals surface area contributed by atoms with Crippen LogP contribution in [0, 0.1) is 5.41 Å². The van der Waals surface area contributed by atoms with Crippen molar-refractivity contribution in [3.8, 4) is 0 Å². The van der Waals surface area contributed by atoms with Crippen molar-refractivity contribution in [3.63, 3.8) is 0 Å². The molecule has 0 bridgehead atoms. The summed E-state index contributed by atoms with van der Waals surface area (Å²) in [5, 5.41) is 0. The Kier molecular flexibility index (Phi) is 8.49. The fourth-order valence-corrected chi connectivity index (χ4v) is 25.5. The SMILES string of the molecule is CCC[CH2][Sn]([CH2]CCC)([CH2]CCC)[C@@H]1C[C@]1(C)COC. The summed E-state index contributed by atoms with van der Waals surface area (Å²) < 4.78 is 11.7. The van der Waals surface area contributed by atoms with Gasteiger partial charge in [0.15, 0.2) is 0 Å². The Morgan fingerprint density at radius 3 is 1.75 bits per heavy atom. The summed E-state index contributed by atoms with van der Waals surface area (Å²) in [5.74, 6) is 0. The van der Waals surface area contributed by atoms with Crippen LogP contribution < -0.4 is 0 Å². The minimum absolute atomic E-state index is 0.569. The topological polar surface area (TPSA) is 9.23 Å². The van der Waals surface area contributed by atoms with Gasteiger partial charge in [0.2, 0.25) is 0 Å². The van der Waals surface area contributed by atoms with Gasteiger partial charge in [-0.3, -0.25) is 0 Å². The van der Waals surface area contributed by atoms with Crippen molar-refractivity contribution in [2.75, 3.05) is 13.7 Å². The third-order valence-electron chi connectivity index (χ3n) is 5.65. The van der Waals surface area contributed by atoms with Gasteiger partial charge in [-0.05, 0) is 0 Å². The number of methoxy groups -OCH3 is 1. The number of hydrogen-bond acceptors (Lipinski definition) is 1. The molecular weight excluding hydrogens is 351 g/mol. The van der Waals surface area contributed by atoms with E-state index in [1.54, 1.807) is 13.3 Å². The van der Waals surface area contributed by atoms with Gasteiger partial charge in [-0.25, -0.2) is 0 Å². The zero-order chi connectivity index (χ0) is 15.1. The molecule has 1 aliphatic rings. The molecule has 0 aromatic heterocycles. The summed E-state index contributed by atoms with van der Waals surface area (Å²) in [4.78, 5) is 0. The first-order valence-corrected chi connectivity index (χ1v) is 16.8. The molecule has 0 amide bonds. The van der Waals surface area contributed by atoms with Crippen molar-refractivity contribution in [1.29, 1.82) is 0 Å². The first-order chi connectivity index (χ1) is 9.58. The summed E-state index contributed by atoms with van der Waals surface area (Å²) >= 11 is -1.95. The van der Waals surface area contributed by atoms with E-state index in [0.29, 0.717) is 5.41 Å². The minimum atomic E-state index is -1.95. The number of hydrogen-bond donors (Lipinski definition) is 0. The Morgan fingerprint density at radius 1 is 0.950 bits per heavy atom. The van der Waals surface area contributed by atoms with Crippen LogP contribution in [0.15, 0.2) is 0 Å². The van der Waals surface area contributed by atoms with Gasteiger partial charge in [-0.1, -0.05) is 0 Å². The van der Waals surface area contributed by atoms with Crippen molar-refractivity contribution >= 4 is 18.4 Å². The second kappa shape index (κ2) is 9.02. The molecule has 0 aromatic rings. The average molecular weight is 389 g/mol. The van der Waals surface area contributed by atoms with Crippen molar-refractivity contribution in [3.05, 3.63) is 0 Å². The van der Waals surface area contributed by atoms with Crippen LogP contribution in [0.5, 0.6) is 0 Å². The number of unbranched alkanes of at least 4 members (excludes halogenated alkanes) is 3. The summed E-state index contributed by atoms with van der Waals surface area (Å²) in [6.45, 7) is 10.6. The van der Waals surface area contributed by atoms with Gasteiger partial charge in [0.25, 0.3) is 0 Å². The normalized spacial score (nSPS) is 25.9. The van der Waals surface area contributed by atoms with Crippen LogP contribution >= 0.6 is 0 Å². The standard InChI is InChI=1S/C6H11O.3C4H9.Sn/c1-6(3-4-6)5-7-2;3*1-3-4-2;/h3H,4-5H2,1-2H3;3*1,3-4H2,2H3;/t6-;;;;/m1..../s1. The molecule has 0 aromatic carbocycles. The molecule has 0 saturated heterocycles. The van der Waals surface area contributed by atoms with Crippen molar-refractivity contribution in [1.82, 2.24) is 0 Å². The maximum absolute atomic E-state index is 5.54. The van der Waals surface area contributed by atoms with Gasteiger partial charge in [0.1, 0.15) is 0 Å². The fraction of sp³-hybridized carbons (Fsp3) is 1.00. The van der Waals surface area contributed by atoms with E-state index < -0.39 is 18.4 Å². The molecule has 1 fully saturated rings. The van der Waals surface area contributed by atoms with E-state index in [1.807, 2.05) is 7.11 Å². The number of ether oxygens (including phenoxy) is 1. The van der Waals surface area contributed by atoms with Crippen molar-refractivity contribution in [2.24, 2.45) is 5.41 Å². The second-order valence-corrected chi connectivity index (χ2v) is 21.6. The van der Waals surface area contributed by atoms with E-state index in [0.717, 1.165) is 10.5 Å². The molecule has 2 atom stereocenters. The molecule has 0 heterocycles. The third-order valence-corrected chi connectivity index (χ3v) is 24.0. The van der Waals surface area contributed by atoms with E-state index in [4.69, 9.17) is 4.74 Å². The van der Waals surface area contributed by atoms with E-state index in [-0.39, 0.29) is 0 Å². The second-order valence-electron chi connectivity index (χ2n) is 7.52. The van der Waals surface area contributed by atoms with Crippen LogP contribution in [-0.4, -0.2) is 32.1 Å². The Hall–Kier alpha value is 0.759. The van der Waals surface area contributed by atoms with Crippen LogP contribution in [0.4, 0.5) is 0 Å². The molecular formula is C18H38OSn. The van der Waals surface area contributed by atoms with E-state index in [1.165, 1.54) is 44.9 Å². The molecule has 0 radical (unpaired) electrons. The molecule has 0 N–H and O–H groups in total. The molecule has 0 aliphatic heterocycles. The van der Waals surface area contributed by atoms with Gasteiger partial charge >= 0.3 is 132 Å². The van der Waals surface area contributed by atoms with Crippen LogP contribution in [0.1, 0.15) is 72.6 Å². The Bertz CT molecular complexity index is 244. The molecule has 1 aliphatic carbocycles. The molecule has 0 spiro atoms. The van der Waals surface area contributed by atoms with E-state index in [9.17, 15) is 0 Å².